The fourth-order valence-electron chi connectivity index (χ4n) is 1.19. The first-order valence-corrected chi connectivity index (χ1v) is 3.19. The minimum atomic E-state index is -1.43. The number of carbonyl (C=O) groups excluding carboxylic acids is 1. The fraction of sp³-hybridized carbons (Fsp3) is 0.571. The molecule has 0 spiro atoms. The molecular formula is C7H7FO2. The molecule has 0 aromatic rings. The van der Waals surface area contributed by atoms with Gasteiger partial charge in [-0.15, -0.1) is 0 Å². The van der Waals surface area contributed by atoms with Gasteiger partial charge in [-0.05, 0) is 19.1 Å². The summed E-state index contributed by atoms with van der Waals surface area (Å²) in [5.74, 6) is -0.111. The van der Waals surface area contributed by atoms with Gasteiger partial charge in [0.25, 0.3) is 0 Å². The maximum absolute atomic E-state index is 13.1. The second kappa shape index (κ2) is 1.48. The Balaban J connectivity index is 2.32. The quantitative estimate of drug-likeness (QED) is 0.464. The summed E-state index contributed by atoms with van der Waals surface area (Å²) in [5.41, 5.74) is -1.43. The van der Waals surface area contributed by atoms with Crippen LogP contribution in [-0.4, -0.2) is 23.7 Å². The Kier molecular flexibility index (Phi) is 0.892. The van der Waals surface area contributed by atoms with Crippen LogP contribution in [0.1, 0.15) is 6.92 Å². The number of hydrogen-bond donors (Lipinski definition) is 0. The van der Waals surface area contributed by atoms with E-state index in [1.54, 1.807) is 0 Å². The lowest BCUT2D eigenvalue weighted by molar-refractivity contribution is -0.115. The molecule has 0 N–H and O–H groups in total. The largest absolute Gasteiger partial charge is 0.357 e. The van der Waals surface area contributed by atoms with Crippen molar-refractivity contribution >= 4 is 5.78 Å². The molecular weight excluding hydrogens is 135 g/mol. The Labute approximate surface area is 57.7 Å². The monoisotopic (exact) mass is 142 g/mol. The van der Waals surface area contributed by atoms with Gasteiger partial charge >= 0.3 is 0 Å². The van der Waals surface area contributed by atoms with E-state index in [4.69, 9.17) is 4.74 Å². The zero-order valence-electron chi connectivity index (χ0n) is 5.50. The topological polar surface area (TPSA) is 29.6 Å². The summed E-state index contributed by atoms with van der Waals surface area (Å²) in [5, 5.41) is 0. The number of ketones is 1. The first-order chi connectivity index (χ1) is 4.61. The minimum absolute atomic E-state index is 0.111. The average Bonchev–Trinajstić information content (AvgIpc) is 2.58. The van der Waals surface area contributed by atoms with E-state index in [0.29, 0.717) is 0 Å². The van der Waals surface area contributed by atoms with Gasteiger partial charge in [-0.1, -0.05) is 0 Å². The molecule has 0 saturated carbocycles. The zero-order chi connectivity index (χ0) is 7.35. The number of halogens is 1. The molecule has 0 aromatic heterocycles. The molecule has 1 fully saturated rings. The summed E-state index contributed by atoms with van der Waals surface area (Å²) >= 11 is 0. The predicted octanol–water partition coefficient (Wildman–Crippen LogP) is 0.621. The second-order valence-corrected chi connectivity index (χ2v) is 2.86. The van der Waals surface area contributed by atoms with E-state index < -0.39 is 17.9 Å². The molecule has 0 unspecified atom stereocenters. The molecule has 0 bridgehead atoms. The zero-order valence-corrected chi connectivity index (χ0v) is 5.50. The minimum Gasteiger partial charge on any atom is -0.357 e. The number of carbonyl (C=O) groups is 1. The highest BCUT2D eigenvalue weighted by Crippen LogP contribution is 2.39. The Morgan fingerprint density at radius 2 is 2.50 bits per heavy atom. The maximum atomic E-state index is 13.1. The lowest BCUT2D eigenvalue weighted by atomic mass is 9.94. The van der Waals surface area contributed by atoms with Gasteiger partial charge in [0.05, 0.1) is 0 Å². The molecule has 2 rings (SSSR count). The van der Waals surface area contributed by atoms with Crippen LogP contribution in [0.4, 0.5) is 4.39 Å². The van der Waals surface area contributed by atoms with Crippen LogP contribution in [-0.2, 0) is 9.53 Å². The van der Waals surface area contributed by atoms with Gasteiger partial charge in [0.1, 0.15) is 12.2 Å². The summed E-state index contributed by atoms with van der Waals surface area (Å²) < 4.78 is 17.9. The molecule has 2 nitrogen and oxygen atoms in total. The molecule has 2 aliphatic rings. The van der Waals surface area contributed by atoms with E-state index in [2.05, 4.69) is 0 Å². The van der Waals surface area contributed by atoms with Crippen LogP contribution in [0, 0.1) is 0 Å². The normalized spacial score (nSPS) is 50.8. The average molecular weight is 142 g/mol. The Bertz CT molecular complexity index is 220. The SMILES string of the molecule is C[C@]1(F)C=CC(=O)[C@@H]2O[C@@H]21. The fourth-order valence-corrected chi connectivity index (χ4v) is 1.19. The van der Waals surface area contributed by atoms with Crippen molar-refractivity contribution in [2.45, 2.75) is 24.8 Å². The highest BCUT2D eigenvalue weighted by atomic mass is 19.1. The van der Waals surface area contributed by atoms with E-state index in [1.807, 2.05) is 0 Å². The molecule has 1 aliphatic carbocycles. The smallest absolute Gasteiger partial charge is 0.187 e. The molecule has 1 heterocycles. The molecule has 0 aromatic carbocycles. The van der Waals surface area contributed by atoms with Crippen molar-refractivity contribution in [1.29, 1.82) is 0 Å². The summed E-state index contributed by atoms with van der Waals surface area (Å²) in [6.45, 7) is 1.42. The van der Waals surface area contributed by atoms with Gasteiger partial charge in [0, 0.05) is 0 Å². The number of fused-ring (bicyclic) bond motifs is 1. The molecule has 1 saturated heterocycles. The maximum Gasteiger partial charge on any atom is 0.187 e. The molecule has 10 heavy (non-hydrogen) atoms. The van der Waals surface area contributed by atoms with Gasteiger partial charge in [-0.25, -0.2) is 4.39 Å². The summed E-state index contributed by atoms with van der Waals surface area (Å²) in [4.78, 5) is 10.7. The highest BCUT2D eigenvalue weighted by Gasteiger charge is 2.57. The summed E-state index contributed by atoms with van der Waals surface area (Å²) in [7, 11) is 0. The van der Waals surface area contributed by atoms with Crippen molar-refractivity contribution in [2.24, 2.45) is 0 Å². The second-order valence-electron chi connectivity index (χ2n) is 2.86. The van der Waals surface area contributed by atoms with Crippen molar-refractivity contribution in [3.63, 3.8) is 0 Å². The standard InChI is InChI=1S/C7H7FO2/c1-7(8)3-2-4(9)5-6(7)10-5/h2-3,5-6H,1H3/t5-,6-,7-/m0/s1. The number of epoxide rings is 1. The van der Waals surface area contributed by atoms with E-state index >= 15 is 0 Å². The van der Waals surface area contributed by atoms with Crippen LogP contribution in [0.25, 0.3) is 0 Å². The van der Waals surface area contributed by atoms with Crippen LogP contribution >= 0.6 is 0 Å². The first-order valence-electron chi connectivity index (χ1n) is 3.19. The van der Waals surface area contributed by atoms with Crippen molar-refractivity contribution < 1.29 is 13.9 Å². The van der Waals surface area contributed by atoms with Crippen molar-refractivity contribution in [1.82, 2.24) is 0 Å². The predicted molar refractivity (Wildman–Crippen MR) is 32.3 cm³/mol. The lowest BCUT2D eigenvalue weighted by Gasteiger charge is -2.14. The van der Waals surface area contributed by atoms with Gasteiger partial charge in [-0.2, -0.15) is 0 Å². The molecule has 1 aliphatic heterocycles. The van der Waals surface area contributed by atoms with Crippen LogP contribution in [0.5, 0.6) is 0 Å². The van der Waals surface area contributed by atoms with Gasteiger partial charge < -0.3 is 4.74 Å². The van der Waals surface area contributed by atoms with Crippen LogP contribution in [0.2, 0.25) is 0 Å². The van der Waals surface area contributed by atoms with Crippen LogP contribution in [0.3, 0.4) is 0 Å². The highest BCUT2D eigenvalue weighted by molar-refractivity contribution is 5.97. The van der Waals surface area contributed by atoms with E-state index in [-0.39, 0.29) is 5.78 Å². The van der Waals surface area contributed by atoms with Crippen molar-refractivity contribution in [3.8, 4) is 0 Å². The van der Waals surface area contributed by atoms with Gasteiger partial charge in [-0.3, -0.25) is 4.79 Å². The lowest BCUT2D eigenvalue weighted by Crippen LogP contribution is -2.30. The molecule has 3 atom stereocenters. The van der Waals surface area contributed by atoms with E-state index in [9.17, 15) is 9.18 Å². The molecule has 0 amide bonds. The third-order valence-corrected chi connectivity index (χ3v) is 1.90. The third kappa shape index (κ3) is 0.639. The summed E-state index contributed by atoms with van der Waals surface area (Å²) in [6, 6.07) is 0. The van der Waals surface area contributed by atoms with E-state index in [0.717, 1.165) is 0 Å². The number of hydrogen-bond acceptors (Lipinski definition) is 2. The van der Waals surface area contributed by atoms with Crippen molar-refractivity contribution in [3.05, 3.63) is 12.2 Å². The summed E-state index contributed by atoms with van der Waals surface area (Å²) in [6.07, 6.45) is 1.53. The Hall–Kier alpha value is -0.700. The van der Waals surface area contributed by atoms with Gasteiger partial charge in [0.15, 0.2) is 11.5 Å². The number of ether oxygens (including phenoxy) is 1. The first kappa shape index (κ1) is 6.04. The molecule has 54 valence electrons. The van der Waals surface area contributed by atoms with Crippen molar-refractivity contribution in [2.75, 3.05) is 0 Å². The number of rotatable bonds is 0. The van der Waals surface area contributed by atoms with Crippen LogP contribution in [0.15, 0.2) is 12.2 Å². The Morgan fingerprint density at radius 3 is 3.10 bits per heavy atom. The third-order valence-electron chi connectivity index (χ3n) is 1.90. The molecule has 3 heteroatoms. The Morgan fingerprint density at radius 1 is 1.80 bits per heavy atom. The van der Waals surface area contributed by atoms with Crippen LogP contribution < -0.4 is 0 Å². The number of alkyl halides is 1. The van der Waals surface area contributed by atoms with E-state index in [1.165, 1.54) is 19.1 Å². The molecule has 0 radical (unpaired) electrons. The van der Waals surface area contributed by atoms with Gasteiger partial charge in [0.2, 0.25) is 0 Å².